The van der Waals surface area contributed by atoms with E-state index in [1.807, 2.05) is 0 Å². The van der Waals surface area contributed by atoms with Crippen molar-refractivity contribution in [2.75, 3.05) is 42.7 Å². The molecule has 12 heteroatoms. The molecule has 2 aliphatic heterocycles. The third kappa shape index (κ3) is 4.77. The summed E-state index contributed by atoms with van der Waals surface area (Å²) in [6.07, 6.45) is -4.64. The van der Waals surface area contributed by atoms with Gasteiger partial charge in [-0.3, -0.25) is 20.2 Å². The highest BCUT2D eigenvalue weighted by Crippen LogP contribution is 2.36. The number of alkyl halides is 3. The molecule has 0 aromatic heterocycles. The maximum Gasteiger partial charge on any atom is 0.416 e. The minimum absolute atomic E-state index is 0. The van der Waals surface area contributed by atoms with Gasteiger partial charge < -0.3 is 9.80 Å². The zero-order valence-electron chi connectivity index (χ0n) is 14.1. The second-order valence-electron chi connectivity index (χ2n) is 6.04. The zero-order valence-corrected chi connectivity index (χ0v) is 15.7. The summed E-state index contributed by atoms with van der Waals surface area (Å²) in [6, 6.07) is 2.33. The fraction of sp³-hybridized carbons (Fsp3) is 0.533. The van der Waals surface area contributed by atoms with Crippen LogP contribution in [0.1, 0.15) is 5.56 Å². The van der Waals surface area contributed by atoms with Crippen LogP contribution in [-0.2, 0) is 11.0 Å². The van der Waals surface area contributed by atoms with Crippen LogP contribution in [0.25, 0.3) is 0 Å². The molecule has 2 aliphatic rings. The standard InChI is InChI=1S/C15H17F3N4O3S.ClH/c16-15(17,18)10-1-2-12(13(7-10)22(24)25)20-3-5-21(6-4-20)14(23)11-8-26-9-19-11;/h1-2,7,11,19H,3-6,8-9H2;1H. The number of nitro benzene ring substituents is 1. The van der Waals surface area contributed by atoms with Gasteiger partial charge in [-0.2, -0.15) is 13.2 Å². The summed E-state index contributed by atoms with van der Waals surface area (Å²) in [4.78, 5) is 26.1. The van der Waals surface area contributed by atoms with E-state index in [1.165, 1.54) is 0 Å². The Morgan fingerprint density at radius 2 is 1.93 bits per heavy atom. The lowest BCUT2D eigenvalue weighted by Crippen LogP contribution is -2.53. The van der Waals surface area contributed by atoms with E-state index in [-0.39, 0.29) is 30.0 Å². The van der Waals surface area contributed by atoms with E-state index >= 15 is 0 Å². The normalized spacial score (nSPS) is 20.3. The molecule has 27 heavy (non-hydrogen) atoms. The molecule has 0 radical (unpaired) electrons. The molecule has 1 amide bonds. The molecule has 2 saturated heterocycles. The van der Waals surface area contributed by atoms with Crippen LogP contribution in [0.4, 0.5) is 24.5 Å². The molecule has 150 valence electrons. The number of anilines is 1. The van der Waals surface area contributed by atoms with Gasteiger partial charge in [0.25, 0.3) is 5.69 Å². The first-order chi connectivity index (χ1) is 12.3. The monoisotopic (exact) mass is 426 g/mol. The summed E-state index contributed by atoms with van der Waals surface area (Å²) < 4.78 is 38.4. The highest BCUT2D eigenvalue weighted by Gasteiger charge is 2.35. The fourth-order valence-corrected chi connectivity index (χ4v) is 3.99. The van der Waals surface area contributed by atoms with Gasteiger partial charge in [0.1, 0.15) is 5.69 Å². The van der Waals surface area contributed by atoms with Crippen LogP contribution in [0.5, 0.6) is 0 Å². The Balaban J connectivity index is 0.00000261. The molecule has 7 nitrogen and oxygen atoms in total. The van der Waals surface area contributed by atoms with Gasteiger partial charge >= 0.3 is 6.18 Å². The summed E-state index contributed by atoms with van der Waals surface area (Å²) in [5.41, 5.74) is -1.48. The van der Waals surface area contributed by atoms with E-state index in [4.69, 9.17) is 0 Å². The number of amides is 1. The first kappa shape index (κ1) is 21.6. The van der Waals surface area contributed by atoms with E-state index in [1.54, 1.807) is 21.6 Å². The van der Waals surface area contributed by atoms with Gasteiger partial charge in [-0.05, 0) is 12.1 Å². The van der Waals surface area contributed by atoms with Gasteiger partial charge in [-0.1, -0.05) is 0 Å². The van der Waals surface area contributed by atoms with Gasteiger partial charge in [0.05, 0.1) is 16.5 Å². The molecule has 1 atom stereocenters. The molecule has 3 rings (SSSR count). The van der Waals surface area contributed by atoms with Crippen molar-refractivity contribution in [2.45, 2.75) is 12.2 Å². The zero-order chi connectivity index (χ0) is 18.9. The van der Waals surface area contributed by atoms with Crippen molar-refractivity contribution in [3.8, 4) is 0 Å². The Morgan fingerprint density at radius 1 is 1.26 bits per heavy atom. The average Bonchev–Trinajstić information content (AvgIpc) is 3.14. The van der Waals surface area contributed by atoms with Gasteiger partial charge in [-0.25, -0.2) is 0 Å². The lowest BCUT2D eigenvalue weighted by atomic mass is 10.1. The lowest BCUT2D eigenvalue weighted by Gasteiger charge is -2.36. The number of carbonyl (C=O) groups excluding carboxylic acids is 1. The summed E-state index contributed by atoms with van der Waals surface area (Å²) >= 11 is 1.64. The van der Waals surface area contributed by atoms with Crippen LogP contribution in [0, 0.1) is 10.1 Å². The molecule has 1 N–H and O–H groups in total. The molecule has 1 aromatic rings. The summed E-state index contributed by atoms with van der Waals surface area (Å²) in [6.45, 7) is 1.41. The Labute approximate surface area is 163 Å². The first-order valence-electron chi connectivity index (χ1n) is 7.98. The van der Waals surface area contributed by atoms with E-state index in [0.717, 1.165) is 18.0 Å². The molecular weight excluding hydrogens is 409 g/mol. The third-order valence-electron chi connectivity index (χ3n) is 4.45. The van der Waals surface area contributed by atoms with E-state index < -0.39 is 22.4 Å². The number of piperazine rings is 1. The number of hydrogen-bond acceptors (Lipinski definition) is 6. The number of halogens is 4. The Morgan fingerprint density at radius 3 is 2.44 bits per heavy atom. The number of nitrogens with zero attached hydrogens (tertiary/aromatic N) is 3. The van der Waals surface area contributed by atoms with Crippen LogP contribution in [-0.4, -0.2) is 59.6 Å². The van der Waals surface area contributed by atoms with E-state index in [2.05, 4.69) is 5.32 Å². The average molecular weight is 427 g/mol. The summed E-state index contributed by atoms with van der Waals surface area (Å²) in [5, 5.41) is 14.3. The van der Waals surface area contributed by atoms with E-state index in [9.17, 15) is 28.1 Å². The molecule has 0 bridgehead atoms. The Hall–Kier alpha value is -1.72. The van der Waals surface area contributed by atoms with Crippen molar-refractivity contribution < 1.29 is 22.9 Å². The van der Waals surface area contributed by atoms with Crippen molar-refractivity contribution in [1.29, 1.82) is 0 Å². The van der Waals surface area contributed by atoms with Crippen molar-refractivity contribution in [3.05, 3.63) is 33.9 Å². The van der Waals surface area contributed by atoms with Crippen molar-refractivity contribution in [1.82, 2.24) is 10.2 Å². The predicted octanol–water partition coefficient (Wildman–Crippen LogP) is 2.35. The predicted molar refractivity (Wildman–Crippen MR) is 98.4 cm³/mol. The van der Waals surface area contributed by atoms with Crippen molar-refractivity contribution in [3.63, 3.8) is 0 Å². The number of nitrogens with one attached hydrogen (secondary N) is 1. The van der Waals surface area contributed by atoms with Crippen LogP contribution >= 0.6 is 24.2 Å². The Bertz CT molecular complexity index is 708. The van der Waals surface area contributed by atoms with Crippen LogP contribution in [0.3, 0.4) is 0 Å². The van der Waals surface area contributed by atoms with Gasteiger partial charge in [0.2, 0.25) is 5.91 Å². The molecule has 0 spiro atoms. The number of carbonyl (C=O) groups is 1. The second kappa shape index (κ2) is 8.53. The van der Waals surface area contributed by atoms with Crippen molar-refractivity contribution in [2.24, 2.45) is 0 Å². The number of hydrogen-bond donors (Lipinski definition) is 1. The van der Waals surface area contributed by atoms with Gasteiger partial charge in [0, 0.05) is 43.9 Å². The number of rotatable bonds is 3. The maximum atomic E-state index is 12.8. The van der Waals surface area contributed by atoms with Crippen LogP contribution in [0.2, 0.25) is 0 Å². The van der Waals surface area contributed by atoms with Crippen LogP contribution in [0.15, 0.2) is 18.2 Å². The fourth-order valence-electron chi connectivity index (χ4n) is 3.06. The largest absolute Gasteiger partial charge is 0.416 e. The number of thioether (sulfide) groups is 1. The topological polar surface area (TPSA) is 78.7 Å². The smallest absolute Gasteiger partial charge is 0.362 e. The quantitative estimate of drug-likeness (QED) is 0.590. The van der Waals surface area contributed by atoms with Crippen molar-refractivity contribution >= 4 is 41.5 Å². The molecule has 2 heterocycles. The lowest BCUT2D eigenvalue weighted by molar-refractivity contribution is -0.384. The second-order valence-corrected chi connectivity index (χ2v) is 7.07. The Kier molecular flexibility index (Phi) is 6.82. The minimum Gasteiger partial charge on any atom is -0.362 e. The molecule has 0 saturated carbocycles. The molecule has 1 unspecified atom stereocenters. The first-order valence-corrected chi connectivity index (χ1v) is 9.13. The highest BCUT2D eigenvalue weighted by atomic mass is 35.5. The highest BCUT2D eigenvalue weighted by molar-refractivity contribution is 7.99. The van der Waals surface area contributed by atoms with Crippen LogP contribution < -0.4 is 10.2 Å². The summed E-state index contributed by atoms with van der Waals surface area (Å²) in [5.74, 6) is 1.44. The van der Waals surface area contributed by atoms with Gasteiger partial charge in [-0.15, -0.1) is 24.2 Å². The molecular formula is C15H18ClF3N4O3S. The molecule has 0 aliphatic carbocycles. The third-order valence-corrected chi connectivity index (χ3v) is 5.39. The van der Waals surface area contributed by atoms with E-state index in [0.29, 0.717) is 38.0 Å². The number of nitro groups is 1. The maximum absolute atomic E-state index is 12.8. The summed E-state index contributed by atoms with van der Waals surface area (Å²) in [7, 11) is 0. The molecule has 2 fully saturated rings. The number of benzene rings is 1. The van der Waals surface area contributed by atoms with Gasteiger partial charge in [0.15, 0.2) is 0 Å². The molecule has 1 aromatic carbocycles. The SMILES string of the molecule is Cl.O=C(C1CSCN1)N1CCN(c2ccc(C(F)(F)F)cc2[N+](=O)[O-])CC1. The minimum atomic E-state index is -4.64.